The zero-order chi connectivity index (χ0) is 15.4. The number of benzene rings is 1. The van der Waals surface area contributed by atoms with Gasteiger partial charge < -0.3 is 5.32 Å². The van der Waals surface area contributed by atoms with E-state index in [2.05, 4.69) is 5.32 Å². The molecule has 0 aliphatic carbocycles. The Hall–Kier alpha value is -0.890. The van der Waals surface area contributed by atoms with Crippen molar-refractivity contribution in [1.82, 2.24) is 0 Å². The van der Waals surface area contributed by atoms with Gasteiger partial charge in [-0.3, -0.25) is 0 Å². The molecule has 1 aromatic carbocycles. The zero-order valence-corrected chi connectivity index (χ0v) is 12.7. The van der Waals surface area contributed by atoms with Crippen molar-refractivity contribution in [2.24, 2.45) is 0 Å². The molecule has 0 spiro atoms. The molecule has 0 aliphatic heterocycles. The van der Waals surface area contributed by atoms with Gasteiger partial charge >= 0.3 is 5.51 Å². The van der Waals surface area contributed by atoms with E-state index >= 15 is 0 Å². The highest BCUT2D eigenvalue weighted by molar-refractivity contribution is 7.98. The van der Waals surface area contributed by atoms with Crippen LogP contribution >= 0.6 is 11.8 Å². The average molecular weight is 327 g/mol. The van der Waals surface area contributed by atoms with Gasteiger partial charge in [-0.25, -0.2) is 8.42 Å². The van der Waals surface area contributed by atoms with Gasteiger partial charge in [0.15, 0.2) is 0 Å². The molecule has 0 aliphatic rings. The molecule has 0 saturated carbocycles. The van der Waals surface area contributed by atoms with E-state index in [9.17, 15) is 21.6 Å². The molecule has 0 bridgehead atoms. The Kier molecular flexibility index (Phi) is 5.76. The number of alkyl halides is 3. The van der Waals surface area contributed by atoms with E-state index in [1.165, 1.54) is 18.2 Å². The van der Waals surface area contributed by atoms with Crippen LogP contribution in [0.15, 0.2) is 29.2 Å². The highest BCUT2D eigenvalue weighted by Gasteiger charge is 2.47. The zero-order valence-electron chi connectivity index (χ0n) is 11.1. The first kappa shape index (κ1) is 17.2. The van der Waals surface area contributed by atoms with Crippen LogP contribution in [0.1, 0.15) is 13.3 Å². The number of thioether (sulfide) groups is 1. The lowest BCUT2D eigenvalue weighted by Crippen LogP contribution is -2.25. The summed E-state index contributed by atoms with van der Waals surface area (Å²) < 4.78 is 60.9. The van der Waals surface area contributed by atoms with Crippen molar-refractivity contribution in [3.63, 3.8) is 0 Å². The van der Waals surface area contributed by atoms with Crippen LogP contribution in [0.4, 0.5) is 18.9 Å². The third-order valence-electron chi connectivity index (χ3n) is 2.64. The number of anilines is 1. The molecule has 0 radical (unpaired) electrons. The van der Waals surface area contributed by atoms with Crippen molar-refractivity contribution in [2.75, 3.05) is 17.3 Å². The van der Waals surface area contributed by atoms with E-state index in [1.54, 1.807) is 18.7 Å². The molecule has 0 fully saturated rings. The Bertz CT molecular complexity index is 544. The third kappa shape index (κ3) is 4.05. The molecular formula is C12H16F3NO2S2. The largest absolute Gasteiger partial charge is 0.501 e. The Morgan fingerprint density at radius 1 is 1.30 bits per heavy atom. The molecule has 8 heteroatoms. The van der Waals surface area contributed by atoms with Crippen LogP contribution in [0.3, 0.4) is 0 Å². The molecule has 3 nitrogen and oxygen atoms in total. The van der Waals surface area contributed by atoms with Crippen LogP contribution < -0.4 is 5.32 Å². The number of hydrogen-bond acceptors (Lipinski definition) is 4. The molecule has 1 rings (SSSR count). The molecule has 1 aromatic rings. The first-order chi connectivity index (χ1) is 9.20. The van der Waals surface area contributed by atoms with Crippen molar-refractivity contribution in [3.05, 3.63) is 24.3 Å². The van der Waals surface area contributed by atoms with E-state index < -0.39 is 20.2 Å². The molecule has 0 saturated heterocycles. The standard InChI is InChI=1S/C12H16F3NO2S2/c1-9(7-8-19-2)16-10-5-3-4-6-11(10)20(17,18)12(13,14)15/h3-6,9,16H,7-8H2,1-2H3. The molecule has 1 unspecified atom stereocenters. The fraction of sp³-hybridized carbons (Fsp3) is 0.500. The van der Waals surface area contributed by atoms with Gasteiger partial charge in [0.25, 0.3) is 9.84 Å². The molecule has 1 N–H and O–H groups in total. The van der Waals surface area contributed by atoms with E-state index in [0.717, 1.165) is 18.2 Å². The highest BCUT2D eigenvalue weighted by Crippen LogP contribution is 2.34. The van der Waals surface area contributed by atoms with E-state index in [4.69, 9.17) is 0 Å². The second kappa shape index (κ2) is 6.71. The minimum atomic E-state index is -5.34. The van der Waals surface area contributed by atoms with Gasteiger partial charge in [-0.2, -0.15) is 24.9 Å². The first-order valence-electron chi connectivity index (χ1n) is 5.86. The summed E-state index contributed by atoms with van der Waals surface area (Å²) in [6.07, 6.45) is 2.65. The Balaban J connectivity index is 3.07. The summed E-state index contributed by atoms with van der Waals surface area (Å²) in [5, 5.41) is 2.83. The summed E-state index contributed by atoms with van der Waals surface area (Å²) in [6, 6.07) is 4.96. The fourth-order valence-corrected chi connectivity index (χ4v) is 3.09. The summed E-state index contributed by atoms with van der Waals surface area (Å²) >= 11 is 1.62. The smallest absolute Gasteiger partial charge is 0.382 e. The van der Waals surface area contributed by atoms with Crippen LogP contribution in [0.2, 0.25) is 0 Å². The maximum Gasteiger partial charge on any atom is 0.501 e. The third-order valence-corrected chi connectivity index (χ3v) is 4.83. The van der Waals surface area contributed by atoms with E-state index in [-0.39, 0.29) is 11.7 Å². The maximum absolute atomic E-state index is 12.6. The summed E-state index contributed by atoms with van der Waals surface area (Å²) in [5.74, 6) is 0.836. The summed E-state index contributed by atoms with van der Waals surface area (Å²) in [4.78, 5) is -0.733. The van der Waals surface area contributed by atoms with Crippen LogP contribution in [0, 0.1) is 0 Å². The molecule has 1 atom stereocenters. The maximum atomic E-state index is 12.6. The molecule has 0 aromatic heterocycles. The number of nitrogens with one attached hydrogen (secondary N) is 1. The Morgan fingerprint density at radius 3 is 2.45 bits per heavy atom. The number of hydrogen-bond donors (Lipinski definition) is 1. The predicted octanol–water partition coefficient (Wildman–Crippen LogP) is 3.53. The number of sulfone groups is 1. The van der Waals surface area contributed by atoms with Crippen LogP contribution in [-0.4, -0.2) is 32.0 Å². The lowest BCUT2D eigenvalue weighted by Gasteiger charge is -2.18. The van der Waals surface area contributed by atoms with E-state index in [1.807, 2.05) is 6.26 Å². The van der Waals surface area contributed by atoms with E-state index in [0.29, 0.717) is 0 Å². The predicted molar refractivity (Wildman–Crippen MR) is 75.8 cm³/mol. The molecule has 0 amide bonds. The van der Waals surface area contributed by atoms with Gasteiger partial charge in [0, 0.05) is 6.04 Å². The van der Waals surface area contributed by atoms with Gasteiger partial charge in [0.05, 0.1) is 10.6 Å². The monoisotopic (exact) mass is 327 g/mol. The summed E-state index contributed by atoms with van der Waals surface area (Å²) in [7, 11) is -5.34. The van der Waals surface area contributed by atoms with Crippen molar-refractivity contribution < 1.29 is 21.6 Å². The average Bonchev–Trinajstić information content (AvgIpc) is 2.35. The molecule has 20 heavy (non-hydrogen) atoms. The number of para-hydroxylation sites is 1. The Morgan fingerprint density at radius 2 is 1.90 bits per heavy atom. The topological polar surface area (TPSA) is 46.2 Å². The van der Waals surface area contributed by atoms with Crippen LogP contribution in [0.25, 0.3) is 0 Å². The first-order valence-corrected chi connectivity index (χ1v) is 8.73. The molecular weight excluding hydrogens is 311 g/mol. The lowest BCUT2D eigenvalue weighted by molar-refractivity contribution is -0.0435. The van der Waals surface area contributed by atoms with Gasteiger partial charge in [0.2, 0.25) is 0 Å². The second-order valence-corrected chi connectivity index (χ2v) is 7.17. The lowest BCUT2D eigenvalue weighted by atomic mass is 10.2. The van der Waals surface area contributed by atoms with Crippen molar-refractivity contribution in [3.8, 4) is 0 Å². The van der Waals surface area contributed by atoms with Crippen LogP contribution in [-0.2, 0) is 9.84 Å². The van der Waals surface area contributed by atoms with Crippen molar-refractivity contribution >= 4 is 27.3 Å². The number of halogens is 3. The summed E-state index contributed by atoms with van der Waals surface area (Å²) in [5.41, 5.74) is -5.31. The highest BCUT2D eigenvalue weighted by atomic mass is 32.2. The number of rotatable bonds is 6. The minimum Gasteiger partial charge on any atom is -0.382 e. The van der Waals surface area contributed by atoms with Gasteiger partial charge in [0.1, 0.15) is 0 Å². The van der Waals surface area contributed by atoms with Gasteiger partial charge in [-0.1, -0.05) is 12.1 Å². The molecule has 0 heterocycles. The van der Waals surface area contributed by atoms with Crippen molar-refractivity contribution in [1.29, 1.82) is 0 Å². The SMILES string of the molecule is CSCCC(C)Nc1ccccc1S(=O)(=O)C(F)(F)F. The fourth-order valence-electron chi connectivity index (χ4n) is 1.58. The summed E-state index contributed by atoms with van der Waals surface area (Å²) in [6.45, 7) is 1.80. The van der Waals surface area contributed by atoms with Gasteiger partial charge in [-0.05, 0) is 37.5 Å². The minimum absolute atomic E-state index is 0.0153. The second-order valence-electron chi connectivity index (χ2n) is 4.27. The van der Waals surface area contributed by atoms with Crippen molar-refractivity contribution in [2.45, 2.75) is 29.8 Å². The van der Waals surface area contributed by atoms with Crippen LogP contribution in [0.5, 0.6) is 0 Å². The Labute approximate surface area is 120 Å². The van der Waals surface area contributed by atoms with Gasteiger partial charge in [-0.15, -0.1) is 0 Å². The normalized spacial score (nSPS) is 14.1. The molecule has 114 valence electrons. The quantitative estimate of drug-likeness (QED) is 0.868.